The summed E-state index contributed by atoms with van der Waals surface area (Å²) in [6.07, 6.45) is 8.22. The fraction of sp³-hybridized carbons (Fsp3) is 0.211. The molecule has 0 aromatic heterocycles. The molecule has 1 heterocycles. The molecule has 0 atom stereocenters. The molecule has 1 saturated heterocycles. The summed E-state index contributed by atoms with van der Waals surface area (Å²) >= 11 is 8.46. The molecule has 1 fully saturated rings. The standard InChI is InChI=1S/C19H17BrN2O4S/c1-4-7-22-18(24)13(17(23)21-19(22)27)9-12-10-15(25-6-3)16(11-14(12)20)26-8-5-2/h2,4,9-11H,1,6-8H2,3H3,(H,21,23,27)/b13-9+. The molecule has 0 radical (unpaired) electrons. The quantitative estimate of drug-likeness (QED) is 0.228. The number of nitrogens with zero attached hydrogens (tertiary/aromatic N) is 1. The first-order chi connectivity index (χ1) is 12.9. The third kappa shape index (κ3) is 4.76. The Bertz CT molecular complexity index is 873. The van der Waals surface area contributed by atoms with Crippen LogP contribution >= 0.6 is 28.1 Å². The van der Waals surface area contributed by atoms with Crippen molar-refractivity contribution in [3.05, 3.63) is 40.4 Å². The van der Waals surface area contributed by atoms with Gasteiger partial charge >= 0.3 is 0 Å². The number of hydrogen-bond acceptors (Lipinski definition) is 5. The Kier molecular flexibility index (Phi) is 7.16. The lowest BCUT2D eigenvalue weighted by molar-refractivity contribution is -0.128. The molecule has 8 heteroatoms. The van der Waals surface area contributed by atoms with Crippen molar-refractivity contribution in [1.82, 2.24) is 10.2 Å². The first-order valence-electron chi connectivity index (χ1n) is 7.95. The maximum atomic E-state index is 12.6. The van der Waals surface area contributed by atoms with Gasteiger partial charge in [-0.15, -0.1) is 13.0 Å². The third-order valence-electron chi connectivity index (χ3n) is 3.47. The minimum atomic E-state index is -0.567. The Balaban J connectivity index is 2.47. The summed E-state index contributed by atoms with van der Waals surface area (Å²) in [5, 5.41) is 2.55. The van der Waals surface area contributed by atoms with Crippen molar-refractivity contribution in [2.45, 2.75) is 6.92 Å². The number of rotatable bonds is 7. The number of benzene rings is 1. The normalized spacial score (nSPS) is 15.4. The number of nitrogens with one attached hydrogen (secondary N) is 1. The highest BCUT2D eigenvalue weighted by Gasteiger charge is 2.32. The molecular formula is C19H17BrN2O4S. The summed E-state index contributed by atoms with van der Waals surface area (Å²) in [4.78, 5) is 26.2. The van der Waals surface area contributed by atoms with Gasteiger partial charge in [-0.25, -0.2) is 0 Å². The molecule has 0 unspecified atom stereocenters. The first kappa shape index (κ1) is 20.7. The van der Waals surface area contributed by atoms with E-state index in [1.807, 2.05) is 6.92 Å². The average Bonchev–Trinajstić information content (AvgIpc) is 2.63. The largest absolute Gasteiger partial charge is 0.490 e. The summed E-state index contributed by atoms with van der Waals surface area (Å²) in [6.45, 7) is 6.11. The van der Waals surface area contributed by atoms with Crippen LogP contribution in [0.2, 0.25) is 0 Å². The molecule has 27 heavy (non-hydrogen) atoms. The molecule has 1 N–H and O–H groups in total. The lowest BCUT2D eigenvalue weighted by Crippen LogP contribution is -2.53. The molecule has 1 aliphatic rings. The molecule has 6 nitrogen and oxygen atoms in total. The second-order valence-electron chi connectivity index (χ2n) is 5.27. The molecule has 0 aliphatic carbocycles. The van der Waals surface area contributed by atoms with Crippen LogP contribution in [-0.4, -0.2) is 41.6 Å². The van der Waals surface area contributed by atoms with Gasteiger partial charge < -0.3 is 9.47 Å². The lowest BCUT2D eigenvalue weighted by atomic mass is 10.1. The number of carbonyl (C=O) groups excluding carboxylic acids is 2. The van der Waals surface area contributed by atoms with Gasteiger partial charge in [-0.1, -0.05) is 27.9 Å². The van der Waals surface area contributed by atoms with Crippen LogP contribution in [0.1, 0.15) is 12.5 Å². The van der Waals surface area contributed by atoms with E-state index in [4.69, 9.17) is 28.1 Å². The second-order valence-corrected chi connectivity index (χ2v) is 6.51. The van der Waals surface area contributed by atoms with Crippen LogP contribution in [-0.2, 0) is 9.59 Å². The molecular weight excluding hydrogens is 432 g/mol. The van der Waals surface area contributed by atoms with E-state index in [1.165, 1.54) is 17.1 Å². The molecule has 0 saturated carbocycles. The Hall–Kier alpha value is -2.63. The maximum Gasteiger partial charge on any atom is 0.265 e. The van der Waals surface area contributed by atoms with Gasteiger partial charge in [0.1, 0.15) is 12.2 Å². The van der Waals surface area contributed by atoms with E-state index in [0.29, 0.717) is 28.1 Å². The minimum absolute atomic E-state index is 0.0501. The van der Waals surface area contributed by atoms with Crippen molar-refractivity contribution in [3.63, 3.8) is 0 Å². The van der Waals surface area contributed by atoms with Crippen LogP contribution in [0.4, 0.5) is 0 Å². The van der Waals surface area contributed by atoms with Crippen LogP contribution in [0.3, 0.4) is 0 Å². The lowest BCUT2D eigenvalue weighted by Gasteiger charge is -2.27. The van der Waals surface area contributed by atoms with E-state index in [-0.39, 0.29) is 23.8 Å². The van der Waals surface area contributed by atoms with E-state index in [2.05, 4.69) is 33.7 Å². The Morgan fingerprint density at radius 1 is 1.37 bits per heavy atom. The highest BCUT2D eigenvalue weighted by Crippen LogP contribution is 2.35. The van der Waals surface area contributed by atoms with E-state index in [9.17, 15) is 9.59 Å². The van der Waals surface area contributed by atoms with Crippen molar-refractivity contribution in [3.8, 4) is 23.8 Å². The number of thiocarbonyl (C=S) groups is 1. The fourth-order valence-electron chi connectivity index (χ4n) is 2.31. The van der Waals surface area contributed by atoms with Crippen molar-refractivity contribution < 1.29 is 19.1 Å². The van der Waals surface area contributed by atoms with Crippen molar-refractivity contribution in [2.24, 2.45) is 0 Å². The number of halogens is 1. The van der Waals surface area contributed by atoms with Gasteiger partial charge in [0.05, 0.1) is 6.61 Å². The Morgan fingerprint density at radius 3 is 2.70 bits per heavy atom. The summed E-state index contributed by atoms with van der Waals surface area (Å²) in [6, 6.07) is 3.34. The first-order valence-corrected chi connectivity index (χ1v) is 9.15. The van der Waals surface area contributed by atoms with Gasteiger partial charge in [0.2, 0.25) is 0 Å². The maximum absolute atomic E-state index is 12.6. The van der Waals surface area contributed by atoms with Gasteiger partial charge in [0, 0.05) is 11.0 Å². The molecule has 1 aromatic rings. The zero-order valence-electron chi connectivity index (χ0n) is 14.6. The number of ether oxygens (including phenoxy) is 2. The van der Waals surface area contributed by atoms with Crippen molar-refractivity contribution in [1.29, 1.82) is 0 Å². The fourth-order valence-corrected chi connectivity index (χ4v) is 2.99. The van der Waals surface area contributed by atoms with Gasteiger partial charge in [0.15, 0.2) is 16.6 Å². The molecule has 1 aliphatic heterocycles. The summed E-state index contributed by atoms with van der Waals surface area (Å²) < 4.78 is 11.7. The number of terminal acetylenes is 1. The summed E-state index contributed by atoms with van der Waals surface area (Å²) in [5.74, 6) is 2.23. The van der Waals surface area contributed by atoms with Crippen LogP contribution in [0.15, 0.2) is 34.8 Å². The van der Waals surface area contributed by atoms with Gasteiger partial charge in [-0.2, -0.15) is 0 Å². The third-order valence-corrected chi connectivity index (χ3v) is 4.48. The molecule has 1 aromatic carbocycles. The van der Waals surface area contributed by atoms with Crippen LogP contribution in [0, 0.1) is 12.3 Å². The molecule has 0 spiro atoms. The van der Waals surface area contributed by atoms with E-state index < -0.39 is 11.8 Å². The highest BCUT2D eigenvalue weighted by atomic mass is 79.9. The predicted octanol–water partition coefficient (Wildman–Crippen LogP) is 2.67. The molecule has 2 rings (SSSR count). The zero-order valence-corrected chi connectivity index (χ0v) is 17.0. The Morgan fingerprint density at radius 2 is 2.07 bits per heavy atom. The van der Waals surface area contributed by atoms with E-state index in [1.54, 1.807) is 12.1 Å². The smallest absolute Gasteiger partial charge is 0.265 e. The predicted molar refractivity (Wildman–Crippen MR) is 110 cm³/mol. The summed E-state index contributed by atoms with van der Waals surface area (Å²) in [5.41, 5.74) is 0.516. The summed E-state index contributed by atoms with van der Waals surface area (Å²) in [7, 11) is 0. The zero-order chi connectivity index (χ0) is 20.0. The Labute approximate surface area is 171 Å². The highest BCUT2D eigenvalue weighted by molar-refractivity contribution is 9.10. The van der Waals surface area contributed by atoms with Gasteiger partial charge in [0.25, 0.3) is 11.8 Å². The van der Waals surface area contributed by atoms with Crippen molar-refractivity contribution >= 4 is 51.2 Å². The molecule has 2 amide bonds. The van der Waals surface area contributed by atoms with Gasteiger partial charge in [-0.05, 0) is 42.9 Å². The van der Waals surface area contributed by atoms with Crippen LogP contribution in [0.5, 0.6) is 11.5 Å². The average molecular weight is 449 g/mol. The van der Waals surface area contributed by atoms with Crippen molar-refractivity contribution in [2.75, 3.05) is 19.8 Å². The second kappa shape index (κ2) is 9.35. The van der Waals surface area contributed by atoms with E-state index in [0.717, 1.165) is 0 Å². The number of hydrogen-bond donors (Lipinski definition) is 1. The van der Waals surface area contributed by atoms with E-state index >= 15 is 0 Å². The minimum Gasteiger partial charge on any atom is -0.490 e. The monoisotopic (exact) mass is 448 g/mol. The SMILES string of the molecule is C#CCOc1cc(Br)c(/C=C2\C(=O)NC(=S)N(CC=C)C2=O)cc1OCC. The number of amides is 2. The van der Waals surface area contributed by atoms with Gasteiger partial charge in [-0.3, -0.25) is 19.8 Å². The molecule has 0 bridgehead atoms. The molecule has 140 valence electrons. The topological polar surface area (TPSA) is 67.9 Å². The van der Waals surface area contributed by atoms with Crippen LogP contribution < -0.4 is 14.8 Å². The van der Waals surface area contributed by atoms with Crippen LogP contribution in [0.25, 0.3) is 6.08 Å². The number of carbonyl (C=O) groups is 2.